The second-order valence-electron chi connectivity index (χ2n) is 3.59. The summed E-state index contributed by atoms with van der Waals surface area (Å²) < 4.78 is 4.95. The number of carbonyl (C=O) groups excluding carboxylic acids is 1. The third-order valence-corrected chi connectivity index (χ3v) is 2.34. The summed E-state index contributed by atoms with van der Waals surface area (Å²) in [4.78, 5) is 26.4. The molecular formula is C10H9N7O2. The minimum Gasteiger partial charge on any atom is -0.459 e. The summed E-state index contributed by atoms with van der Waals surface area (Å²) in [6.07, 6.45) is 2.86. The van der Waals surface area contributed by atoms with Crippen LogP contribution in [0.15, 0.2) is 29.1 Å². The zero-order valence-electron chi connectivity index (χ0n) is 9.54. The van der Waals surface area contributed by atoms with Crippen LogP contribution in [-0.2, 0) is 0 Å². The number of H-pyrrole nitrogens is 1. The molecule has 0 aromatic carbocycles. The van der Waals surface area contributed by atoms with Gasteiger partial charge in [0, 0.05) is 0 Å². The maximum atomic E-state index is 11.7. The molecule has 3 aromatic rings. The summed E-state index contributed by atoms with van der Waals surface area (Å²) in [5.74, 6) is 0.111. The predicted molar refractivity (Wildman–Crippen MR) is 65.9 cm³/mol. The number of aromatic amines is 1. The lowest BCUT2D eigenvalue weighted by atomic mass is 10.4. The molecule has 3 aromatic heterocycles. The first-order valence-electron chi connectivity index (χ1n) is 5.30. The average molecular weight is 259 g/mol. The van der Waals surface area contributed by atoms with E-state index in [2.05, 4.69) is 30.8 Å². The van der Waals surface area contributed by atoms with Gasteiger partial charge in [-0.25, -0.2) is 4.98 Å². The number of hydrogen-bond donors (Lipinski definition) is 4. The Morgan fingerprint density at radius 3 is 3.11 bits per heavy atom. The Kier molecular flexibility index (Phi) is 2.49. The third kappa shape index (κ3) is 2.04. The SMILES string of the molecule is Nc1nc(NNC(=O)c2ccco2)c2[nH]cnc2n1. The molecule has 0 aliphatic heterocycles. The number of aromatic nitrogens is 4. The van der Waals surface area contributed by atoms with Gasteiger partial charge in [0.05, 0.1) is 12.6 Å². The molecule has 5 N–H and O–H groups in total. The summed E-state index contributed by atoms with van der Waals surface area (Å²) >= 11 is 0. The van der Waals surface area contributed by atoms with Crippen molar-refractivity contribution in [2.24, 2.45) is 0 Å². The molecule has 0 unspecified atom stereocenters. The number of nitrogens with two attached hydrogens (primary N) is 1. The highest BCUT2D eigenvalue weighted by Gasteiger charge is 2.11. The lowest BCUT2D eigenvalue weighted by Gasteiger charge is -2.07. The van der Waals surface area contributed by atoms with Gasteiger partial charge >= 0.3 is 5.91 Å². The van der Waals surface area contributed by atoms with E-state index in [0.717, 1.165) is 0 Å². The molecule has 0 radical (unpaired) electrons. The quantitative estimate of drug-likeness (QED) is 0.496. The number of nitrogens with zero attached hydrogens (tertiary/aromatic N) is 3. The Bertz CT molecular complexity index is 719. The van der Waals surface area contributed by atoms with Crippen molar-refractivity contribution in [2.75, 3.05) is 11.2 Å². The van der Waals surface area contributed by atoms with Crippen LogP contribution in [0.2, 0.25) is 0 Å². The standard InChI is InChI=1S/C10H9N7O2/c11-10-14-7-6(12-4-13-7)8(15-10)16-17-9(18)5-2-1-3-19-5/h1-4H,(H,17,18)(H4,11,12,13,14,15,16). The zero-order valence-corrected chi connectivity index (χ0v) is 9.54. The van der Waals surface area contributed by atoms with Crippen molar-refractivity contribution in [3.8, 4) is 0 Å². The smallest absolute Gasteiger partial charge is 0.305 e. The van der Waals surface area contributed by atoms with E-state index in [4.69, 9.17) is 10.2 Å². The number of hydrazine groups is 1. The second-order valence-corrected chi connectivity index (χ2v) is 3.59. The Hall–Kier alpha value is -3.10. The van der Waals surface area contributed by atoms with Crippen molar-refractivity contribution >= 4 is 28.8 Å². The molecule has 9 heteroatoms. The highest BCUT2D eigenvalue weighted by molar-refractivity contribution is 5.93. The molecule has 0 saturated heterocycles. The van der Waals surface area contributed by atoms with Gasteiger partial charge < -0.3 is 15.1 Å². The lowest BCUT2D eigenvalue weighted by Crippen LogP contribution is -2.29. The van der Waals surface area contributed by atoms with E-state index in [0.29, 0.717) is 17.0 Å². The fraction of sp³-hybridized carbons (Fsp3) is 0. The number of carbonyl (C=O) groups is 1. The minimum absolute atomic E-state index is 0.0503. The zero-order chi connectivity index (χ0) is 13.2. The Labute approximate surface area is 106 Å². The number of furan rings is 1. The highest BCUT2D eigenvalue weighted by Crippen LogP contribution is 2.16. The molecule has 9 nitrogen and oxygen atoms in total. The lowest BCUT2D eigenvalue weighted by molar-refractivity contribution is 0.0935. The minimum atomic E-state index is -0.435. The number of fused-ring (bicyclic) bond motifs is 1. The van der Waals surface area contributed by atoms with Gasteiger partial charge in [-0.2, -0.15) is 9.97 Å². The number of nitrogens with one attached hydrogen (secondary N) is 3. The van der Waals surface area contributed by atoms with Crippen molar-refractivity contribution in [1.29, 1.82) is 0 Å². The number of rotatable bonds is 3. The van der Waals surface area contributed by atoms with Gasteiger partial charge in [0.1, 0.15) is 5.52 Å². The van der Waals surface area contributed by atoms with Crippen LogP contribution in [0.5, 0.6) is 0 Å². The number of hydrogen-bond acceptors (Lipinski definition) is 7. The topological polar surface area (TPSA) is 135 Å². The first-order valence-corrected chi connectivity index (χ1v) is 5.30. The van der Waals surface area contributed by atoms with Gasteiger partial charge in [0.15, 0.2) is 17.2 Å². The molecular weight excluding hydrogens is 250 g/mol. The van der Waals surface area contributed by atoms with E-state index in [9.17, 15) is 4.79 Å². The predicted octanol–water partition coefficient (Wildman–Crippen LogP) is 0.285. The van der Waals surface area contributed by atoms with Gasteiger partial charge in [-0.15, -0.1) is 0 Å². The first-order chi connectivity index (χ1) is 9.24. The molecule has 0 atom stereocenters. The summed E-state index contributed by atoms with van der Waals surface area (Å²) in [5, 5.41) is 0. The van der Waals surface area contributed by atoms with E-state index in [1.807, 2.05) is 0 Å². The second kappa shape index (κ2) is 4.29. The van der Waals surface area contributed by atoms with Crippen LogP contribution >= 0.6 is 0 Å². The number of amides is 1. The number of imidazole rings is 1. The van der Waals surface area contributed by atoms with Gasteiger partial charge in [0.25, 0.3) is 0 Å². The molecule has 0 aliphatic rings. The van der Waals surface area contributed by atoms with Crippen LogP contribution in [0.1, 0.15) is 10.6 Å². The normalized spacial score (nSPS) is 10.5. The molecule has 3 heterocycles. The summed E-state index contributed by atoms with van der Waals surface area (Å²) in [6.45, 7) is 0. The third-order valence-electron chi connectivity index (χ3n) is 2.34. The molecule has 1 amide bonds. The monoisotopic (exact) mass is 259 g/mol. The molecule has 0 saturated carbocycles. The fourth-order valence-electron chi connectivity index (χ4n) is 1.53. The molecule has 0 spiro atoms. The average Bonchev–Trinajstić information content (AvgIpc) is 3.05. The highest BCUT2D eigenvalue weighted by atomic mass is 16.3. The maximum absolute atomic E-state index is 11.7. The van der Waals surface area contributed by atoms with Crippen molar-refractivity contribution in [1.82, 2.24) is 25.4 Å². The Balaban J connectivity index is 1.82. The first kappa shape index (κ1) is 11.0. The summed E-state index contributed by atoms with van der Waals surface area (Å²) in [6, 6.07) is 3.15. The van der Waals surface area contributed by atoms with E-state index in [1.165, 1.54) is 18.7 Å². The van der Waals surface area contributed by atoms with Gasteiger partial charge in [-0.05, 0) is 12.1 Å². The molecule has 96 valence electrons. The Morgan fingerprint density at radius 2 is 2.32 bits per heavy atom. The Morgan fingerprint density at radius 1 is 1.42 bits per heavy atom. The van der Waals surface area contributed by atoms with Crippen LogP contribution in [-0.4, -0.2) is 25.8 Å². The molecule has 0 fully saturated rings. The molecule has 0 bridgehead atoms. The van der Waals surface area contributed by atoms with Crippen molar-refractivity contribution in [2.45, 2.75) is 0 Å². The van der Waals surface area contributed by atoms with Crippen LogP contribution in [0.3, 0.4) is 0 Å². The van der Waals surface area contributed by atoms with Crippen LogP contribution in [0.25, 0.3) is 11.2 Å². The molecule has 3 rings (SSSR count). The van der Waals surface area contributed by atoms with E-state index >= 15 is 0 Å². The number of nitrogen functional groups attached to an aromatic ring is 1. The number of anilines is 2. The van der Waals surface area contributed by atoms with Gasteiger partial charge in [-0.1, -0.05) is 0 Å². The van der Waals surface area contributed by atoms with Crippen LogP contribution in [0, 0.1) is 0 Å². The summed E-state index contributed by atoms with van der Waals surface area (Å²) in [5.41, 5.74) is 11.6. The van der Waals surface area contributed by atoms with Crippen molar-refractivity contribution in [3.63, 3.8) is 0 Å². The molecule has 0 aliphatic carbocycles. The van der Waals surface area contributed by atoms with Gasteiger partial charge in [0.2, 0.25) is 5.95 Å². The molecule has 19 heavy (non-hydrogen) atoms. The van der Waals surface area contributed by atoms with E-state index in [-0.39, 0.29) is 11.7 Å². The van der Waals surface area contributed by atoms with Crippen molar-refractivity contribution < 1.29 is 9.21 Å². The van der Waals surface area contributed by atoms with Gasteiger partial charge in [-0.3, -0.25) is 15.6 Å². The maximum Gasteiger partial charge on any atom is 0.305 e. The largest absolute Gasteiger partial charge is 0.459 e. The van der Waals surface area contributed by atoms with E-state index in [1.54, 1.807) is 6.07 Å². The fourth-order valence-corrected chi connectivity index (χ4v) is 1.53. The van der Waals surface area contributed by atoms with Crippen molar-refractivity contribution in [3.05, 3.63) is 30.5 Å². The van der Waals surface area contributed by atoms with Crippen LogP contribution < -0.4 is 16.6 Å². The summed E-state index contributed by atoms with van der Waals surface area (Å²) in [7, 11) is 0. The van der Waals surface area contributed by atoms with E-state index < -0.39 is 5.91 Å². The van der Waals surface area contributed by atoms with Crippen LogP contribution in [0.4, 0.5) is 11.8 Å².